The number of benzene rings is 1. The summed E-state index contributed by atoms with van der Waals surface area (Å²) >= 11 is 0. The van der Waals surface area contributed by atoms with Gasteiger partial charge in [0.15, 0.2) is 5.82 Å². The predicted molar refractivity (Wildman–Crippen MR) is 145 cm³/mol. The first kappa shape index (κ1) is 27.9. The van der Waals surface area contributed by atoms with E-state index < -0.39 is 21.4 Å². The summed E-state index contributed by atoms with van der Waals surface area (Å²) in [6.45, 7) is 7.08. The molecule has 0 bridgehead atoms. The number of pyridine rings is 1. The maximum Gasteiger partial charge on any atom is 0.243 e. The second-order valence-corrected chi connectivity index (χ2v) is 11.1. The fourth-order valence-electron chi connectivity index (χ4n) is 4.03. The third-order valence-electron chi connectivity index (χ3n) is 5.86. The molecular weight excluding hydrogens is 522 g/mol. The number of nitrogens with one attached hydrogen (secondary N) is 1. The van der Waals surface area contributed by atoms with Crippen LogP contribution < -0.4 is 14.2 Å². The normalized spacial score (nSPS) is 13.2. The van der Waals surface area contributed by atoms with Crippen LogP contribution in [0.25, 0.3) is 17.1 Å². The van der Waals surface area contributed by atoms with Gasteiger partial charge in [-0.05, 0) is 51.5 Å². The number of aromatic nitrogens is 6. The van der Waals surface area contributed by atoms with Crippen LogP contribution >= 0.6 is 0 Å². The second-order valence-electron chi connectivity index (χ2n) is 9.03. The standard InChI is InChI=1S/C26H31N7O5S/c1-16(2)38-24(20-15-27-10-11-29-20)18(4)39(34,35)32-26-31-30-25(19-12-17(3)13-28-14-19)33(26)23-21(36-5)8-7-9-22(23)37-6/h7-16,18,24H,1-6H3,(H,31,32)/t18-,24+/m0/s1. The highest BCUT2D eigenvalue weighted by Gasteiger charge is 2.35. The van der Waals surface area contributed by atoms with Gasteiger partial charge >= 0.3 is 0 Å². The fourth-order valence-corrected chi connectivity index (χ4v) is 5.13. The van der Waals surface area contributed by atoms with Gasteiger partial charge in [0.2, 0.25) is 16.0 Å². The Bertz CT molecular complexity index is 1500. The third-order valence-corrected chi connectivity index (χ3v) is 7.56. The monoisotopic (exact) mass is 553 g/mol. The molecule has 4 aromatic rings. The molecule has 0 fully saturated rings. The molecule has 0 radical (unpaired) electrons. The summed E-state index contributed by atoms with van der Waals surface area (Å²) in [5.74, 6) is 1.11. The van der Waals surface area contributed by atoms with Crippen molar-refractivity contribution >= 4 is 16.0 Å². The van der Waals surface area contributed by atoms with E-state index in [1.165, 1.54) is 32.8 Å². The van der Waals surface area contributed by atoms with Crippen LogP contribution in [-0.2, 0) is 14.8 Å². The van der Waals surface area contributed by atoms with E-state index in [2.05, 4.69) is 29.9 Å². The molecule has 12 nitrogen and oxygen atoms in total. The number of rotatable bonds is 11. The summed E-state index contributed by atoms with van der Waals surface area (Å²) < 4.78 is 49.0. The fraction of sp³-hybridized carbons (Fsp3) is 0.346. The molecule has 0 aliphatic carbocycles. The van der Waals surface area contributed by atoms with E-state index in [0.717, 1.165) is 5.56 Å². The smallest absolute Gasteiger partial charge is 0.243 e. The largest absolute Gasteiger partial charge is 0.494 e. The minimum absolute atomic E-state index is 0.0661. The van der Waals surface area contributed by atoms with E-state index in [0.29, 0.717) is 34.3 Å². The summed E-state index contributed by atoms with van der Waals surface area (Å²) in [5.41, 5.74) is 2.32. The van der Waals surface area contributed by atoms with Crippen molar-refractivity contribution in [3.05, 3.63) is 66.5 Å². The van der Waals surface area contributed by atoms with Gasteiger partial charge in [0.05, 0.1) is 32.2 Å². The molecule has 0 amide bonds. The Kier molecular flexibility index (Phi) is 8.41. The molecule has 1 N–H and O–H groups in total. The highest BCUT2D eigenvalue weighted by atomic mass is 32.2. The van der Waals surface area contributed by atoms with Crippen molar-refractivity contribution in [2.24, 2.45) is 0 Å². The topological polar surface area (TPSA) is 143 Å². The predicted octanol–water partition coefficient (Wildman–Crippen LogP) is 3.74. The molecule has 206 valence electrons. The van der Waals surface area contributed by atoms with Crippen LogP contribution in [0, 0.1) is 6.92 Å². The summed E-state index contributed by atoms with van der Waals surface area (Å²) in [5, 5.41) is 7.48. The molecule has 3 aromatic heterocycles. The lowest BCUT2D eigenvalue weighted by Crippen LogP contribution is -2.34. The van der Waals surface area contributed by atoms with Crippen LogP contribution in [0.3, 0.4) is 0 Å². The van der Waals surface area contributed by atoms with Gasteiger partial charge in [-0.1, -0.05) is 6.07 Å². The Hall–Kier alpha value is -4.10. The number of methoxy groups -OCH3 is 2. The lowest BCUT2D eigenvalue weighted by Gasteiger charge is -2.26. The number of nitrogens with zero attached hydrogens (tertiary/aromatic N) is 6. The maximum absolute atomic E-state index is 13.8. The lowest BCUT2D eigenvalue weighted by atomic mass is 10.2. The minimum Gasteiger partial charge on any atom is -0.494 e. The van der Waals surface area contributed by atoms with Gasteiger partial charge < -0.3 is 14.2 Å². The van der Waals surface area contributed by atoms with E-state index in [-0.39, 0.29) is 12.1 Å². The van der Waals surface area contributed by atoms with Crippen LogP contribution in [0.4, 0.5) is 5.95 Å². The van der Waals surface area contributed by atoms with E-state index in [1.54, 1.807) is 42.1 Å². The lowest BCUT2D eigenvalue weighted by molar-refractivity contribution is 0.00396. The Morgan fingerprint density at radius 2 is 1.67 bits per heavy atom. The highest BCUT2D eigenvalue weighted by Crippen LogP contribution is 2.38. The summed E-state index contributed by atoms with van der Waals surface area (Å²) in [4.78, 5) is 12.6. The van der Waals surface area contributed by atoms with Gasteiger partial charge in [-0.15, -0.1) is 10.2 Å². The van der Waals surface area contributed by atoms with E-state index in [1.807, 2.05) is 26.8 Å². The van der Waals surface area contributed by atoms with Crippen LogP contribution in [-0.4, -0.2) is 63.7 Å². The SMILES string of the molecule is COc1cccc(OC)c1-n1c(NS(=O)(=O)[C@@H](C)[C@@H](OC(C)C)c2cnccn2)nnc1-c1cncc(C)c1. The first-order valence-electron chi connectivity index (χ1n) is 12.2. The average molecular weight is 554 g/mol. The van der Waals surface area contributed by atoms with Crippen molar-refractivity contribution < 1.29 is 22.6 Å². The van der Waals surface area contributed by atoms with Crippen LogP contribution in [0.15, 0.2) is 55.2 Å². The Morgan fingerprint density at radius 1 is 0.949 bits per heavy atom. The zero-order valence-electron chi connectivity index (χ0n) is 22.6. The van der Waals surface area contributed by atoms with Crippen LogP contribution in [0.5, 0.6) is 11.5 Å². The molecule has 39 heavy (non-hydrogen) atoms. The maximum atomic E-state index is 13.8. The van der Waals surface area contributed by atoms with Crippen molar-refractivity contribution in [1.82, 2.24) is 29.7 Å². The summed E-state index contributed by atoms with van der Waals surface area (Å²) in [7, 11) is -1.09. The van der Waals surface area contributed by atoms with E-state index in [4.69, 9.17) is 14.2 Å². The van der Waals surface area contributed by atoms with Crippen molar-refractivity contribution in [3.8, 4) is 28.6 Å². The molecule has 2 atom stereocenters. The number of aryl methyl sites for hydroxylation is 1. The van der Waals surface area contributed by atoms with Gasteiger partial charge in [0, 0.05) is 30.4 Å². The van der Waals surface area contributed by atoms with E-state index in [9.17, 15) is 8.42 Å². The molecule has 0 aliphatic rings. The van der Waals surface area contributed by atoms with Crippen molar-refractivity contribution in [3.63, 3.8) is 0 Å². The quantitative estimate of drug-likeness (QED) is 0.292. The van der Waals surface area contributed by atoms with Gasteiger partial charge in [-0.3, -0.25) is 24.2 Å². The number of hydrogen-bond acceptors (Lipinski definition) is 10. The van der Waals surface area contributed by atoms with Crippen LogP contribution in [0.2, 0.25) is 0 Å². The molecule has 4 rings (SSSR count). The Morgan fingerprint density at radius 3 is 2.26 bits per heavy atom. The molecule has 0 spiro atoms. The molecular formula is C26H31N7O5S. The van der Waals surface area contributed by atoms with Crippen molar-refractivity contribution in [1.29, 1.82) is 0 Å². The number of ether oxygens (including phenoxy) is 3. The van der Waals surface area contributed by atoms with Gasteiger partial charge in [0.25, 0.3) is 0 Å². The van der Waals surface area contributed by atoms with Crippen molar-refractivity contribution in [2.75, 3.05) is 18.9 Å². The molecule has 1 aromatic carbocycles. The molecule has 0 saturated heterocycles. The van der Waals surface area contributed by atoms with E-state index >= 15 is 0 Å². The summed E-state index contributed by atoms with van der Waals surface area (Å²) in [6, 6.07) is 7.10. The zero-order chi connectivity index (χ0) is 28.2. The van der Waals surface area contributed by atoms with Crippen LogP contribution in [0.1, 0.15) is 38.1 Å². The second kappa shape index (κ2) is 11.7. The van der Waals surface area contributed by atoms with Crippen molar-refractivity contribution in [2.45, 2.75) is 45.2 Å². The van der Waals surface area contributed by atoms with Gasteiger partial charge in [-0.2, -0.15) is 0 Å². The highest BCUT2D eigenvalue weighted by molar-refractivity contribution is 7.93. The zero-order valence-corrected chi connectivity index (χ0v) is 23.4. The average Bonchev–Trinajstić information content (AvgIpc) is 3.33. The first-order valence-corrected chi connectivity index (χ1v) is 13.7. The van der Waals surface area contributed by atoms with Gasteiger partial charge in [0.1, 0.15) is 28.5 Å². The molecule has 13 heteroatoms. The number of sulfonamides is 1. The third kappa shape index (κ3) is 5.99. The minimum atomic E-state index is -4.12. The first-order chi connectivity index (χ1) is 18.7. The Balaban J connectivity index is 1.85. The molecule has 3 heterocycles. The van der Waals surface area contributed by atoms with Gasteiger partial charge in [-0.25, -0.2) is 8.42 Å². The Labute approximate surface area is 227 Å². The molecule has 0 aliphatic heterocycles. The number of anilines is 1. The number of hydrogen-bond donors (Lipinski definition) is 1. The molecule has 0 saturated carbocycles. The molecule has 0 unspecified atom stereocenters. The number of para-hydroxylation sites is 1. The summed E-state index contributed by atoms with van der Waals surface area (Å²) in [6.07, 6.45) is 6.66.